The van der Waals surface area contributed by atoms with Gasteiger partial charge in [0.25, 0.3) is 0 Å². The first-order chi connectivity index (χ1) is 15.4. The number of carbonyl (C=O) groups excluding carboxylic acids is 4. The molecule has 0 fully saturated rings. The average molecular weight is 461 g/mol. The Morgan fingerprint density at radius 2 is 1.84 bits per heavy atom. The topological polar surface area (TPSA) is 144 Å². The Hall–Kier alpha value is -3.36. The number of esters is 2. The molecule has 1 aromatic carbocycles. The van der Waals surface area contributed by atoms with Gasteiger partial charge in [-0.2, -0.15) is 5.26 Å². The van der Waals surface area contributed by atoms with Crippen LogP contribution in [0, 0.1) is 17.2 Å². The number of amides is 2. The van der Waals surface area contributed by atoms with Crippen molar-refractivity contribution in [3.8, 4) is 6.07 Å². The predicted octanol–water partition coefficient (Wildman–Crippen LogP) is 0.707. The van der Waals surface area contributed by atoms with Crippen molar-refractivity contribution >= 4 is 35.5 Å². The standard InChI is InChI=1S/C21H23N3O7S/c1-29-9-8-23-15(25)11-32-19-14(10-22)16(17(18(26)24-19)21(28)31-3)12-4-6-13(7-5-12)20(27)30-2/h4-7,16-17H,8-9,11H2,1-3H3,(H,23,25)(H,24,26)/t16-,17+/m1/s1. The third kappa shape index (κ3) is 5.87. The maximum Gasteiger partial charge on any atom is 0.337 e. The second-order valence-electron chi connectivity index (χ2n) is 6.57. The number of benzene rings is 1. The van der Waals surface area contributed by atoms with Gasteiger partial charge in [0.2, 0.25) is 11.8 Å². The highest BCUT2D eigenvalue weighted by Crippen LogP contribution is 2.40. The zero-order chi connectivity index (χ0) is 23.7. The third-order valence-corrected chi connectivity index (χ3v) is 5.67. The van der Waals surface area contributed by atoms with Crippen molar-refractivity contribution in [3.05, 3.63) is 46.0 Å². The highest BCUT2D eigenvalue weighted by Gasteiger charge is 2.44. The molecule has 170 valence electrons. The summed E-state index contributed by atoms with van der Waals surface area (Å²) in [5.41, 5.74) is 0.846. The van der Waals surface area contributed by atoms with Crippen LogP contribution in [0.25, 0.3) is 0 Å². The number of nitrogens with zero attached hydrogens (tertiary/aromatic N) is 1. The number of hydrogen-bond donors (Lipinski definition) is 2. The van der Waals surface area contributed by atoms with Gasteiger partial charge in [-0.05, 0) is 17.7 Å². The van der Waals surface area contributed by atoms with E-state index >= 15 is 0 Å². The van der Waals surface area contributed by atoms with Crippen LogP contribution in [0.4, 0.5) is 0 Å². The molecule has 2 amide bonds. The average Bonchev–Trinajstić information content (AvgIpc) is 2.81. The van der Waals surface area contributed by atoms with Crippen molar-refractivity contribution in [2.24, 2.45) is 5.92 Å². The van der Waals surface area contributed by atoms with Crippen molar-refractivity contribution < 1.29 is 33.4 Å². The molecular formula is C21H23N3O7S. The van der Waals surface area contributed by atoms with E-state index < -0.39 is 29.7 Å². The summed E-state index contributed by atoms with van der Waals surface area (Å²) >= 11 is 0.977. The summed E-state index contributed by atoms with van der Waals surface area (Å²) in [4.78, 5) is 48.9. The molecule has 10 nitrogen and oxygen atoms in total. The van der Waals surface area contributed by atoms with Crippen LogP contribution in [0.15, 0.2) is 34.9 Å². The van der Waals surface area contributed by atoms with Gasteiger partial charge in [0, 0.05) is 19.6 Å². The molecular weight excluding hydrogens is 438 g/mol. The SMILES string of the molecule is COCCNC(=O)CSC1=C(C#N)[C@@H](c2ccc(C(=O)OC)cc2)[C@H](C(=O)OC)C(=O)N1. The highest BCUT2D eigenvalue weighted by atomic mass is 32.2. The first kappa shape index (κ1) is 24.9. The van der Waals surface area contributed by atoms with Gasteiger partial charge in [-0.1, -0.05) is 23.9 Å². The van der Waals surface area contributed by atoms with E-state index in [0.29, 0.717) is 18.7 Å². The van der Waals surface area contributed by atoms with Gasteiger partial charge in [0.1, 0.15) is 5.92 Å². The van der Waals surface area contributed by atoms with Gasteiger partial charge in [-0.25, -0.2) is 4.79 Å². The molecule has 2 N–H and O–H groups in total. The lowest BCUT2D eigenvalue weighted by atomic mass is 9.78. The molecule has 1 aliphatic heterocycles. The summed E-state index contributed by atoms with van der Waals surface area (Å²) in [5.74, 6) is -4.62. The minimum absolute atomic E-state index is 0.0542. The van der Waals surface area contributed by atoms with Crippen molar-refractivity contribution in [3.63, 3.8) is 0 Å². The second-order valence-corrected chi connectivity index (χ2v) is 7.55. The quantitative estimate of drug-likeness (QED) is 0.308. The lowest BCUT2D eigenvalue weighted by Crippen LogP contribution is -2.44. The molecule has 0 aliphatic carbocycles. The summed E-state index contributed by atoms with van der Waals surface area (Å²) < 4.78 is 14.3. The Bertz CT molecular complexity index is 953. The number of ether oxygens (including phenoxy) is 3. The maximum absolute atomic E-state index is 12.8. The molecule has 1 heterocycles. The zero-order valence-corrected chi connectivity index (χ0v) is 18.6. The normalized spacial score (nSPS) is 17.8. The summed E-state index contributed by atoms with van der Waals surface area (Å²) in [6, 6.07) is 8.10. The van der Waals surface area contributed by atoms with E-state index in [2.05, 4.69) is 15.4 Å². The summed E-state index contributed by atoms with van der Waals surface area (Å²) in [5, 5.41) is 15.2. The van der Waals surface area contributed by atoms with Gasteiger partial charge < -0.3 is 24.8 Å². The first-order valence-corrected chi connectivity index (χ1v) is 10.5. The van der Waals surface area contributed by atoms with E-state index in [0.717, 1.165) is 18.9 Å². The Labute approximate surface area is 189 Å². The number of methoxy groups -OCH3 is 3. The van der Waals surface area contributed by atoms with Gasteiger partial charge in [-0.3, -0.25) is 14.4 Å². The van der Waals surface area contributed by atoms with E-state index in [1.165, 1.54) is 26.4 Å². The molecule has 0 radical (unpaired) electrons. The van der Waals surface area contributed by atoms with Crippen LogP contribution >= 0.6 is 11.8 Å². The van der Waals surface area contributed by atoms with Gasteiger partial charge in [0.15, 0.2) is 0 Å². The largest absolute Gasteiger partial charge is 0.468 e. The van der Waals surface area contributed by atoms with Crippen LogP contribution in [0.5, 0.6) is 0 Å². The summed E-state index contributed by atoms with van der Waals surface area (Å²) in [7, 11) is 3.91. The highest BCUT2D eigenvalue weighted by molar-refractivity contribution is 8.03. The fourth-order valence-electron chi connectivity index (χ4n) is 3.11. The fourth-order valence-corrected chi connectivity index (χ4v) is 3.98. The second kappa shape index (κ2) is 11.9. The van der Waals surface area contributed by atoms with Crippen molar-refractivity contribution in [2.45, 2.75) is 5.92 Å². The number of rotatable bonds is 9. The molecule has 0 saturated heterocycles. The van der Waals surface area contributed by atoms with E-state index in [1.807, 2.05) is 6.07 Å². The first-order valence-electron chi connectivity index (χ1n) is 9.47. The third-order valence-electron chi connectivity index (χ3n) is 4.65. The minimum Gasteiger partial charge on any atom is -0.468 e. The van der Waals surface area contributed by atoms with Crippen molar-refractivity contribution in [1.82, 2.24) is 10.6 Å². The molecule has 0 unspecified atom stereocenters. The molecule has 2 atom stereocenters. The molecule has 2 rings (SSSR count). The Morgan fingerprint density at radius 1 is 1.16 bits per heavy atom. The Morgan fingerprint density at radius 3 is 2.41 bits per heavy atom. The molecule has 0 spiro atoms. The number of nitriles is 1. The maximum atomic E-state index is 12.8. The number of thioether (sulfide) groups is 1. The van der Waals surface area contributed by atoms with Crippen LogP contribution in [-0.4, -0.2) is 64.0 Å². The fraction of sp³-hybridized carbons (Fsp3) is 0.381. The van der Waals surface area contributed by atoms with Crippen LogP contribution in [0.3, 0.4) is 0 Å². The Balaban J connectivity index is 2.39. The smallest absolute Gasteiger partial charge is 0.337 e. The van der Waals surface area contributed by atoms with Crippen LogP contribution < -0.4 is 10.6 Å². The number of carbonyl (C=O) groups is 4. The van der Waals surface area contributed by atoms with E-state index in [1.54, 1.807) is 12.1 Å². The van der Waals surface area contributed by atoms with E-state index in [-0.39, 0.29) is 27.8 Å². The number of nitrogens with one attached hydrogen (secondary N) is 2. The van der Waals surface area contributed by atoms with Crippen molar-refractivity contribution in [1.29, 1.82) is 5.26 Å². The van der Waals surface area contributed by atoms with E-state index in [9.17, 15) is 24.4 Å². The molecule has 32 heavy (non-hydrogen) atoms. The summed E-state index contributed by atoms with van der Waals surface area (Å²) in [6.45, 7) is 0.676. The molecule has 11 heteroatoms. The molecule has 0 saturated carbocycles. The molecule has 1 aliphatic rings. The molecule has 1 aromatic rings. The molecule has 0 aromatic heterocycles. The van der Waals surface area contributed by atoms with E-state index in [4.69, 9.17) is 9.47 Å². The number of allylic oxidation sites excluding steroid dienone is 1. The van der Waals surface area contributed by atoms with Gasteiger partial charge in [-0.15, -0.1) is 0 Å². The van der Waals surface area contributed by atoms with Crippen LogP contribution in [0.2, 0.25) is 0 Å². The van der Waals surface area contributed by atoms with Crippen LogP contribution in [-0.2, 0) is 28.6 Å². The van der Waals surface area contributed by atoms with Crippen molar-refractivity contribution in [2.75, 3.05) is 40.2 Å². The Kier molecular flexibility index (Phi) is 9.24. The monoisotopic (exact) mass is 461 g/mol. The predicted molar refractivity (Wildman–Crippen MR) is 114 cm³/mol. The summed E-state index contributed by atoms with van der Waals surface area (Å²) in [6.07, 6.45) is 0. The van der Waals surface area contributed by atoms with Gasteiger partial charge >= 0.3 is 11.9 Å². The zero-order valence-electron chi connectivity index (χ0n) is 17.8. The minimum atomic E-state index is -1.31. The lowest BCUT2D eigenvalue weighted by Gasteiger charge is -2.31. The number of hydrogen-bond acceptors (Lipinski definition) is 9. The molecule has 0 bridgehead atoms. The van der Waals surface area contributed by atoms with Gasteiger partial charge in [0.05, 0.1) is 48.8 Å². The van der Waals surface area contributed by atoms with Crippen LogP contribution in [0.1, 0.15) is 21.8 Å². The lowest BCUT2D eigenvalue weighted by molar-refractivity contribution is -0.150.